The molecule has 0 aliphatic carbocycles. The van der Waals surface area contributed by atoms with Crippen LogP contribution in [0.4, 0.5) is 0 Å². The van der Waals surface area contributed by atoms with E-state index in [-0.39, 0.29) is 23.5 Å². The van der Waals surface area contributed by atoms with E-state index in [9.17, 15) is 13.2 Å². The Bertz CT molecular complexity index is 1100. The van der Waals surface area contributed by atoms with Gasteiger partial charge in [-0.2, -0.15) is 5.10 Å². The summed E-state index contributed by atoms with van der Waals surface area (Å²) in [5.74, 6) is 0.129. The summed E-state index contributed by atoms with van der Waals surface area (Å²) in [4.78, 5) is 16.4. The van der Waals surface area contributed by atoms with Crippen LogP contribution in [0.1, 0.15) is 28.7 Å². The zero-order valence-corrected chi connectivity index (χ0v) is 16.9. The Hall–Kier alpha value is -2.19. The average Bonchev–Trinajstić information content (AvgIpc) is 3.31. The fourth-order valence-corrected chi connectivity index (χ4v) is 6.50. The van der Waals surface area contributed by atoms with Crippen molar-refractivity contribution in [3.8, 4) is 5.69 Å². The van der Waals surface area contributed by atoms with Crippen LogP contribution in [-0.2, 0) is 9.84 Å². The van der Waals surface area contributed by atoms with Gasteiger partial charge in [0.1, 0.15) is 4.83 Å². The van der Waals surface area contributed by atoms with Crippen molar-refractivity contribution in [1.29, 1.82) is 0 Å². The first-order valence-electron chi connectivity index (χ1n) is 8.95. The molecule has 0 spiro atoms. The van der Waals surface area contributed by atoms with Crippen LogP contribution in [0.25, 0.3) is 15.9 Å². The minimum Gasteiger partial charge on any atom is -0.334 e. The number of hydrogen-bond donors (Lipinski definition) is 0. The topological polar surface area (TPSA) is 72.3 Å². The van der Waals surface area contributed by atoms with Gasteiger partial charge in [0.05, 0.1) is 27.8 Å². The Kier molecular flexibility index (Phi) is 4.55. The summed E-state index contributed by atoms with van der Waals surface area (Å²) in [6.07, 6.45) is 0.517. The average molecular weight is 404 g/mol. The highest BCUT2D eigenvalue weighted by Crippen LogP contribution is 2.32. The number of thiophene rings is 1. The number of carbonyl (C=O) groups is 1. The summed E-state index contributed by atoms with van der Waals surface area (Å²) in [7, 11) is -3.03. The van der Waals surface area contributed by atoms with Gasteiger partial charge in [0, 0.05) is 18.0 Å². The molecule has 0 saturated carbocycles. The van der Waals surface area contributed by atoms with Crippen molar-refractivity contribution in [2.24, 2.45) is 0 Å². The lowest BCUT2D eigenvalue weighted by molar-refractivity contribution is 0.0713. The van der Waals surface area contributed by atoms with Crippen LogP contribution in [0, 0.1) is 6.92 Å². The highest BCUT2D eigenvalue weighted by atomic mass is 32.2. The van der Waals surface area contributed by atoms with Crippen molar-refractivity contribution in [3.63, 3.8) is 0 Å². The molecule has 1 aromatic carbocycles. The molecule has 6 nitrogen and oxygen atoms in total. The predicted octanol–water partition coefficient (Wildman–Crippen LogP) is 3.04. The maximum absolute atomic E-state index is 13.1. The normalized spacial score (nSPS) is 18.8. The number of aromatic nitrogens is 2. The smallest absolute Gasteiger partial charge is 0.264 e. The lowest BCUT2D eigenvalue weighted by Crippen LogP contribution is -2.40. The van der Waals surface area contributed by atoms with Crippen molar-refractivity contribution in [2.75, 3.05) is 18.1 Å². The molecule has 1 aliphatic heterocycles. The van der Waals surface area contributed by atoms with Gasteiger partial charge in [0.2, 0.25) is 0 Å². The molecular weight excluding hydrogens is 382 g/mol. The Morgan fingerprint density at radius 1 is 1.33 bits per heavy atom. The van der Waals surface area contributed by atoms with Gasteiger partial charge in [0.15, 0.2) is 9.84 Å². The second kappa shape index (κ2) is 6.76. The van der Waals surface area contributed by atoms with Gasteiger partial charge in [-0.1, -0.05) is 18.2 Å². The quantitative estimate of drug-likeness (QED) is 0.671. The SMILES string of the molecule is CCN(C(=O)c1cc2c(C)nn(-c3ccccc3)c2s1)C1CCS(=O)(=O)C1. The van der Waals surface area contributed by atoms with E-state index < -0.39 is 9.84 Å². The molecule has 1 atom stereocenters. The van der Waals surface area contributed by atoms with Crippen LogP contribution < -0.4 is 0 Å². The third-order valence-corrected chi connectivity index (χ3v) is 7.86. The molecule has 3 aromatic rings. The van der Waals surface area contributed by atoms with Crippen LogP contribution in [0.3, 0.4) is 0 Å². The Morgan fingerprint density at radius 3 is 2.70 bits per heavy atom. The highest BCUT2D eigenvalue weighted by Gasteiger charge is 2.35. The monoisotopic (exact) mass is 403 g/mol. The number of para-hydroxylation sites is 1. The Morgan fingerprint density at radius 2 is 2.07 bits per heavy atom. The number of rotatable bonds is 4. The van der Waals surface area contributed by atoms with Gasteiger partial charge in [0.25, 0.3) is 5.91 Å². The summed E-state index contributed by atoms with van der Waals surface area (Å²) < 4.78 is 25.5. The summed E-state index contributed by atoms with van der Waals surface area (Å²) in [5, 5.41) is 5.57. The first-order valence-corrected chi connectivity index (χ1v) is 11.6. The lowest BCUT2D eigenvalue weighted by Gasteiger charge is -2.26. The summed E-state index contributed by atoms with van der Waals surface area (Å²) in [6.45, 7) is 4.33. The van der Waals surface area contributed by atoms with Crippen molar-refractivity contribution < 1.29 is 13.2 Å². The number of nitrogens with zero attached hydrogens (tertiary/aromatic N) is 3. The van der Waals surface area contributed by atoms with Crippen LogP contribution in [0.15, 0.2) is 36.4 Å². The van der Waals surface area contributed by atoms with Gasteiger partial charge < -0.3 is 4.90 Å². The standard InChI is InChI=1S/C19H21N3O3S2/c1-3-21(15-9-10-27(24,25)12-15)18(23)17-11-16-13(2)20-22(19(16)26-17)14-7-5-4-6-8-14/h4-8,11,15H,3,9-10,12H2,1-2H3. The third-order valence-electron chi connectivity index (χ3n) is 5.01. The van der Waals surface area contributed by atoms with Gasteiger partial charge in [-0.25, -0.2) is 13.1 Å². The molecule has 1 fully saturated rings. The number of aryl methyl sites for hydroxylation is 1. The van der Waals surface area contributed by atoms with Crippen molar-refractivity contribution in [1.82, 2.24) is 14.7 Å². The lowest BCUT2D eigenvalue weighted by atomic mass is 10.2. The number of benzene rings is 1. The van der Waals surface area contributed by atoms with E-state index in [1.165, 1.54) is 11.3 Å². The van der Waals surface area contributed by atoms with Gasteiger partial charge >= 0.3 is 0 Å². The Labute approximate surface area is 162 Å². The number of carbonyl (C=O) groups excluding carboxylic acids is 1. The molecule has 3 heterocycles. The molecule has 1 unspecified atom stereocenters. The number of fused-ring (bicyclic) bond motifs is 1. The summed E-state index contributed by atoms with van der Waals surface area (Å²) >= 11 is 1.41. The highest BCUT2D eigenvalue weighted by molar-refractivity contribution is 7.91. The zero-order chi connectivity index (χ0) is 19.2. The molecule has 0 radical (unpaired) electrons. The fourth-order valence-electron chi connectivity index (χ4n) is 3.63. The van der Waals surface area contributed by atoms with Crippen LogP contribution in [0.5, 0.6) is 0 Å². The summed E-state index contributed by atoms with van der Waals surface area (Å²) in [5.41, 5.74) is 1.82. The van der Waals surface area contributed by atoms with E-state index in [0.717, 1.165) is 21.6 Å². The summed E-state index contributed by atoms with van der Waals surface area (Å²) in [6, 6.07) is 11.5. The molecule has 0 N–H and O–H groups in total. The second-order valence-corrected chi connectivity index (χ2v) is 10.1. The fraction of sp³-hybridized carbons (Fsp3) is 0.368. The Balaban J connectivity index is 1.70. The minimum atomic E-state index is -3.03. The largest absolute Gasteiger partial charge is 0.334 e. The van der Waals surface area contributed by atoms with Gasteiger partial charge in [-0.15, -0.1) is 11.3 Å². The molecule has 1 amide bonds. The van der Waals surface area contributed by atoms with Crippen molar-refractivity contribution >= 4 is 37.3 Å². The van der Waals surface area contributed by atoms with E-state index in [4.69, 9.17) is 0 Å². The molecule has 2 aromatic heterocycles. The van der Waals surface area contributed by atoms with E-state index in [1.807, 2.05) is 54.9 Å². The number of amides is 1. The maximum atomic E-state index is 13.1. The van der Waals surface area contributed by atoms with Crippen molar-refractivity contribution in [2.45, 2.75) is 26.3 Å². The van der Waals surface area contributed by atoms with Crippen molar-refractivity contribution in [3.05, 3.63) is 47.0 Å². The van der Waals surface area contributed by atoms with Gasteiger partial charge in [-0.05, 0) is 38.5 Å². The molecule has 8 heteroatoms. The van der Waals surface area contributed by atoms with Crippen LogP contribution >= 0.6 is 11.3 Å². The first kappa shape index (κ1) is 18.2. The van der Waals surface area contributed by atoms with E-state index in [1.54, 1.807) is 4.90 Å². The molecule has 27 heavy (non-hydrogen) atoms. The van der Waals surface area contributed by atoms with Crippen LogP contribution in [0.2, 0.25) is 0 Å². The van der Waals surface area contributed by atoms with E-state index in [2.05, 4.69) is 5.10 Å². The molecule has 0 bridgehead atoms. The van der Waals surface area contributed by atoms with Gasteiger partial charge in [-0.3, -0.25) is 4.79 Å². The number of hydrogen-bond acceptors (Lipinski definition) is 5. The second-order valence-electron chi connectivity index (χ2n) is 6.81. The molecule has 1 aliphatic rings. The minimum absolute atomic E-state index is 0.0638. The van der Waals surface area contributed by atoms with E-state index >= 15 is 0 Å². The third kappa shape index (κ3) is 3.27. The predicted molar refractivity (Wildman–Crippen MR) is 107 cm³/mol. The first-order chi connectivity index (χ1) is 12.9. The number of sulfone groups is 1. The molecule has 4 rings (SSSR count). The van der Waals surface area contributed by atoms with E-state index in [0.29, 0.717) is 17.8 Å². The molecule has 1 saturated heterocycles. The maximum Gasteiger partial charge on any atom is 0.264 e. The van der Waals surface area contributed by atoms with Crippen LogP contribution in [-0.4, -0.2) is 53.1 Å². The molecule has 142 valence electrons. The molecular formula is C19H21N3O3S2. The zero-order valence-electron chi connectivity index (χ0n) is 15.3.